The number of carbonyl (C=O) groups excluding carboxylic acids is 2. The summed E-state index contributed by atoms with van der Waals surface area (Å²) in [6, 6.07) is 7.72. The van der Waals surface area contributed by atoms with Crippen molar-refractivity contribution in [1.29, 1.82) is 0 Å². The molecule has 1 aliphatic carbocycles. The molecule has 1 unspecified atom stereocenters. The van der Waals surface area contributed by atoms with Gasteiger partial charge in [-0.25, -0.2) is 0 Å². The molecule has 0 spiro atoms. The van der Waals surface area contributed by atoms with Gasteiger partial charge in [-0.15, -0.1) is 0 Å². The van der Waals surface area contributed by atoms with Crippen LogP contribution >= 0.6 is 0 Å². The average molecular weight is 381 g/mol. The average Bonchev–Trinajstić information content (AvgIpc) is 3.44. The first-order valence-corrected chi connectivity index (χ1v) is 10.2. The van der Waals surface area contributed by atoms with Gasteiger partial charge in [0.2, 0.25) is 5.91 Å². The van der Waals surface area contributed by atoms with Crippen LogP contribution in [0.3, 0.4) is 0 Å². The molecule has 0 saturated carbocycles. The molecule has 2 N–H and O–H groups in total. The van der Waals surface area contributed by atoms with E-state index < -0.39 is 6.04 Å². The Bertz CT molecular complexity index is 817. The number of hydrogen-bond donors (Lipinski definition) is 2. The van der Waals surface area contributed by atoms with E-state index >= 15 is 0 Å². The molecular formula is C22H27N3O3. The molecule has 0 bridgehead atoms. The first kappa shape index (κ1) is 18.9. The highest BCUT2D eigenvalue weighted by Gasteiger charge is 2.41. The van der Waals surface area contributed by atoms with Gasteiger partial charge >= 0.3 is 0 Å². The van der Waals surface area contributed by atoms with Gasteiger partial charge in [0.05, 0.1) is 18.3 Å². The summed E-state index contributed by atoms with van der Waals surface area (Å²) in [5.74, 6) is -0.123. The molecule has 1 amide bonds. The van der Waals surface area contributed by atoms with Gasteiger partial charge in [0.25, 0.3) is 0 Å². The number of Topliss-reactive ketones (excluding diaryl/α,β-unsaturated/α-hetero) is 1. The molecule has 1 aromatic rings. The van der Waals surface area contributed by atoms with Gasteiger partial charge in [0, 0.05) is 18.9 Å². The van der Waals surface area contributed by atoms with E-state index in [-0.39, 0.29) is 23.7 Å². The fourth-order valence-electron chi connectivity index (χ4n) is 4.77. The fraction of sp³-hybridized carbons (Fsp3) is 0.500. The summed E-state index contributed by atoms with van der Waals surface area (Å²) in [6.45, 7) is 1.34. The van der Waals surface area contributed by atoms with Crippen LogP contribution in [0, 0.1) is 5.92 Å². The van der Waals surface area contributed by atoms with Crippen LogP contribution in [0.15, 0.2) is 35.0 Å². The van der Waals surface area contributed by atoms with Gasteiger partial charge < -0.3 is 15.4 Å². The second-order valence-corrected chi connectivity index (χ2v) is 7.98. The maximum atomic E-state index is 13.0. The van der Waals surface area contributed by atoms with Crippen LogP contribution in [0.25, 0.3) is 6.08 Å². The summed E-state index contributed by atoms with van der Waals surface area (Å²) in [6.07, 6.45) is 8.18. The summed E-state index contributed by atoms with van der Waals surface area (Å²) < 4.78 is 0. The van der Waals surface area contributed by atoms with Crippen LogP contribution in [0.2, 0.25) is 0 Å². The Kier molecular flexibility index (Phi) is 5.57. The van der Waals surface area contributed by atoms with E-state index in [1.165, 1.54) is 22.9 Å². The smallest absolute Gasteiger partial charge is 0.241 e. The van der Waals surface area contributed by atoms with Crippen LogP contribution in [-0.2, 0) is 16.0 Å². The number of nitrogens with zero attached hydrogens (tertiary/aromatic N) is 2. The normalized spacial score (nSPS) is 26.6. The monoisotopic (exact) mass is 381 g/mol. The van der Waals surface area contributed by atoms with Crippen molar-refractivity contribution < 1.29 is 14.8 Å². The van der Waals surface area contributed by atoms with Crippen molar-refractivity contribution in [2.75, 3.05) is 13.1 Å². The van der Waals surface area contributed by atoms with Gasteiger partial charge in [-0.05, 0) is 49.8 Å². The molecule has 2 saturated heterocycles. The van der Waals surface area contributed by atoms with E-state index in [9.17, 15) is 9.59 Å². The molecule has 1 aromatic carbocycles. The number of likely N-dealkylation sites (tertiary alicyclic amines) is 1. The predicted octanol–water partition coefficient (Wildman–Crippen LogP) is 2.40. The molecule has 4 rings (SSSR count). The Morgan fingerprint density at radius 1 is 1.29 bits per heavy atom. The highest BCUT2D eigenvalue weighted by molar-refractivity contribution is 5.93. The SMILES string of the molecule is O=C(CCC1=Cc2ccccc2C1)C1CCN[C@H]1C(=O)N1CCC[C@H]1C=NO. The molecule has 6 heteroatoms. The highest BCUT2D eigenvalue weighted by Crippen LogP contribution is 2.29. The van der Waals surface area contributed by atoms with Crippen molar-refractivity contribution in [2.24, 2.45) is 11.1 Å². The number of fused-ring (bicyclic) bond motifs is 1. The van der Waals surface area contributed by atoms with Crippen molar-refractivity contribution in [3.63, 3.8) is 0 Å². The van der Waals surface area contributed by atoms with E-state index in [0.29, 0.717) is 25.9 Å². The first-order valence-electron chi connectivity index (χ1n) is 10.2. The first-order chi connectivity index (χ1) is 13.7. The van der Waals surface area contributed by atoms with Crippen molar-refractivity contribution in [1.82, 2.24) is 10.2 Å². The Hall–Kier alpha value is -2.47. The summed E-state index contributed by atoms with van der Waals surface area (Å²) in [5.41, 5.74) is 3.87. The molecule has 2 heterocycles. The number of nitrogens with one attached hydrogen (secondary N) is 1. The van der Waals surface area contributed by atoms with E-state index in [2.05, 4.69) is 28.7 Å². The van der Waals surface area contributed by atoms with E-state index in [1.807, 2.05) is 12.1 Å². The summed E-state index contributed by atoms with van der Waals surface area (Å²) in [7, 11) is 0. The lowest BCUT2D eigenvalue weighted by molar-refractivity contribution is -0.137. The van der Waals surface area contributed by atoms with Crippen LogP contribution in [0.4, 0.5) is 0 Å². The number of allylic oxidation sites excluding steroid dienone is 1. The number of oxime groups is 1. The Labute approximate surface area is 165 Å². The molecule has 2 fully saturated rings. The Balaban J connectivity index is 1.36. The zero-order valence-corrected chi connectivity index (χ0v) is 16.0. The second kappa shape index (κ2) is 8.27. The largest absolute Gasteiger partial charge is 0.411 e. The van der Waals surface area contributed by atoms with Crippen molar-refractivity contribution in [3.05, 3.63) is 41.0 Å². The van der Waals surface area contributed by atoms with Crippen molar-refractivity contribution in [3.8, 4) is 0 Å². The van der Waals surface area contributed by atoms with E-state index in [1.54, 1.807) is 4.90 Å². The Morgan fingerprint density at radius 3 is 2.96 bits per heavy atom. The van der Waals surface area contributed by atoms with Crippen molar-refractivity contribution in [2.45, 2.75) is 50.6 Å². The van der Waals surface area contributed by atoms with E-state index in [0.717, 1.165) is 25.7 Å². The Morgan fingerprint density at radius 2 is 2.14 bits per heavy atom. The number of benzene rings is 1. The maximum absolute atomic E-state index is 13.0. The number of amides is 1. The lowest BCUT2D eigenvalue weighted by atomic mass is 9.90. The van der Waals surface area contributed by atoms with Gasteiger partial charge in [-0.3, -0.25) is 9.59 Å². The lowest BCUT2D eigenvalue weighted by Gasteiger charge is -2.27. The summed E-state index contributed by atoms with van der Waals surface area (Å²) in [5, 5.41) is 15.2. The second-order valence-electron chi connectivity index (χ2n) is 7.98. The minimum atomic E-state index is -0.449. The molecule has 2 aliphatic heterocycles. The number of carbonyl (C=O) groups is 2. The van der Waals surface area contributed by atoms with Crippen LogP contribution < -0.4 is 5.32 Å². The molecule has 0 radical (unpaired) electrons. The van der Waals surface area contributed by atoms with E-state index in [4.69, 9.17) is 5.21 Å². The molecular weight excluding hydrogens is 354 g/mol. The zero-order valence-electron chi connectivity index (χ0n) is 16.0. The molecule has 3 aliphatic rings. The van der Waals surface area contributed by atoms with Crippen LogP contribution in [-0.4, -0.2) is 53.2 Å². The predicted molar refractivity (Wildman–Crippen MR) is 107 cm³/mol. The molecule has 148 valence electrons. The standard InChI is InChI=1S/C22H27N3O3/c26-20(8-7-15-12-16-4-1-2-5-17(16)13-15)19-9-10-23-21(19)22(27)25-11-3-6-18(25)14-24-28/h1-2,4-5,12,14,18-19,21,23,28H,3,6-11,13H2/t18-,19?,21+/m0/s1. The number of hydrogen-bond acceptors (Lipinski definition) is 5. The number of ketones is 1. The number of rotatable bonds is 6. The minimum Gasteiger partial charge on any atom is -0.411 e. The minimum absolute atomic E-state index is 0.0364. The highest BCUT2D eigenvalue weighted by atomic mass is 16.4. The van der Waals surface area contributed by atoms with Gasteiger partial charge in [0.1, 0.15) is 5.78 Å². The molecule has 3 atom stereocenters. The zero-order chi connectivity index (χ0) is 19.5. The molecule has 0 aromatic heterocycles. The maximum Gasteiger partial charge on any atom is 0.241 e. The molecule has 28 heavy (non-hydrogen) atoms. The topological polar surface area (TPSA) is 82.0 Å². The van der Waals surface area contributed by atoms with Crippen molar-refractivity contribution >= 4 is 24.0 Å². The molecule has 6 nitrogen and oxygen atoms in total. The third kappa shape index (κ3) is 3.74. The third-order valence-electron chi connectivity index (χ3n) is 6.25. The lowest BCUT2D eigenvalue weighted by Crippen LogP contribution is -2.50. The summed E-state index contributed by atoms with van der Waals surface area (Å²) >= 11 is 0. The summed E-state index contributed by atoms with van der Waals surface area (Å²) in [4.78, 5) is 27.7. The van der Waals surface area contributed by atoms with Gasteiger partial charge in [0.15, 0.2) is 0 Å². The quantitative estimate of drug-likeness (QED) is 0.450. The third-order valence-corrected chi connectivity index (χ3v) is 6.25. The van der Waals surface area contributed by atoms with Crippen LogP contribution in [0.5, 0.6) is 0 Å². The van der Waals surface area contributed by atoms with Gasteiger partial charge in [-0.1, -0.05) is 41.1 Å². The fourth-order valence-corrected chi connectivity index (χ4v) is 4.77. The van der Waals surface area contributed by atoms with Crippen LogP contribution in [0.1, 0.15) is 43.2 Å². The van der Waals surface area contributed by atoms with Gasteiger partial charge in [-0.2, -0.15) is 0 Å².